The summed E-state index contributed by atoms with van der Waals surface area (Å²) in [7, 11) is 0. The molecular weight excluding hydrogens is 294 g/mol. The summed E-state index contributed by atoms with van der Waals surface area (Å²) < 4.78 is 1.12. The van der Waals surface area contributed by atoms with E-state index in [-0.39, 0.29) is 0 Å². The Balaban J connectivity index is 2.59. The van der Waals surface area contributed by atoms with Gasteiger partial charge in [0.15, 0.2) is 0 Å². The molecule has 72 valence electrons. The van der Waals surface area contributed by atoms with Crippen LogP contribution in [0.25, 0.3) is 0 Å². The van der Waals surface area contributed by atoms with Crippen LogP contribution in [-0.4, -0.2) is 11.9 Å². The number of halogens is 2. The largest absolute Gasteiger partial charge is 0.385 e. The fraction of sp³-hybridized carbons (Fsp3) is 0.400. The summed E-state index contributed by atoms with van der Waals surface area (Å²) in [5, 5.41) is 4.44. The van der Waals surface area contributed by atoms with Crippen molar-refractivity contribution in [2.75, 3.05) is 17.2 Å². The quantitative estimate of drug-likeness (QED) is 0.656. The minimum Gasteiger partial charge on any atom is -0.385 e. The van der Waals surface area contributed by atoms with Gasteiger partial charge in [0.2, 0.25) is 0 Å². The molecule has 0 aliphatic rings. The van der Waals surface area contributed by atoms with Crippen molar-refractivity contribution in [2.24, 2.45) is 0 Å². The van der Waals surface area contributed by atoms with E-state index in [0.717, 1.165) is 22.8 Å². The number of alkyl halides is 1. The normalized spacial score (nSPS) is 10.1. The molecule has 0 unspecified atom stereocenters. The van der Waals surface area contributed by atoms with Gasteiger partial charge in [-0.05, 0) is 31.0 Å². The number of hydrogen-bond donors (Lipinski definition) is 1. The molecule has 0 amide bonds. The minimum atomic E-state index is 1.02. The molecule has 13 heavy (non-hydrogen) atoms. The van der Waals surface area contributed by atoms with Crippen LogP contribution in [0.15, 0.2) is 22.7 Å². The van der Waals surface area contributed by atoms with Crippen LogP contribution in [0.1, 0.15) is 12.0 Å². The topological polar surface area (TPSA) is 12.0 Å². The first-order valence-electron chi connectivity index (χ1n) is 4.30. The summed E-state index contributed by atoms with van der Waals surface area (Å²) >= 11 is 6.86. The van der Waals surface area contributed by atoms with Crippen molar-refractivity contribution in [2.45, 2.75) is 13.3 Å². The minimum absolute atomic E-state index is 1.02. The van der Waals surface area contributed by atoms with Crippen LogP contribution in [0.4, 0.5) is 5.69 Å². The van der Waals surface area contributed by atoms with Gasteiger partial charge in [-0.2, -0.15) is 0 Å². The maximum Gasteiger partial charge on any atom is 0.0381 e. The van der Waals surface area contributed by atoms with E-state index < -0.39 is 0 Å². The van der Waals surface area contributed by atoms with Gasteiger partial charge in [0.1, 0.15) is 0 Å². The first-order chi connectivity index (χ1) is 6.24. The molecule has 0 aliphatic heterocycles. The molecule has 0 spiro atoms. The third-order valence-electron chi connectivity index (χ3n) is 1.83. The molecule has 0 saturated carbocycles. The molecule has 0 aliphatic carbocycles. The van der Waals surface area contributed by atoms with Gasteiger partial charge in [-0.3, -0.25) is 0 Å². The van der Waals surface area contributed by atoms with E-state index in [0.29, 0.717) is 0 Å². The van der Waals surface area contributed by atoms with Crippen LogP contribution < -0.4 is 5.32 Å². The van der Waals surface area contributed by atoms with Crippen molar-refractivity contribution in [3.63, 3.8) is 0 Å². The zero-order chi connectivity index (χ0) is 9.68. The van der Waals surface area contributed by atoms with E-state index in [2.05, 4.69) is 62.3 Å². The van der Waals surface area contributed by atoms with Crippen molar-refractivity contribution in [1.82, 2.24) is 0 Å². The molecule has 0 aromatic heterocycles. The van der Waals surface area contributed by atoms with Gasteiger partial charge < -0.3 is 5.32 Å². The van der Waals surface area contributed by atoms with E-state index in [1.165, 1.54) is 11.3 Å². The Morgan fingerprint density at radius 3 is 2.85 bits per heavy atom. The molecule has 0 fully saturated rings. The van der Waals surface area contributed by atoms with Crippen molar-refractivity contribution in [1.29, 1.82) is 0 Å². The van der Waals surface area contributed by atoms with Crippen LogP contribution in [0.2, 0.25) is 0 Å². The first kappa shape index (κ1) is 11.1. The lowest BCUT2D eigenvalue weighted by molar-refractivity contribution is 0.996. The standard InChI is InChI=1S/C10H13Br2N/c1-8-3-4-9(12)7-10(8)13-6-2-5-11/h3-4,7,13H,2,5-6H2,1H3. The van der Waals surface area contributed by atoms with Crippen molar-refractivity contribution in [3.05, 3.63) is 28.2 Å². The Morgan fingerprint density at radius 2 is 2.15 bits per heavy atom. The molecule has 1 N–H and O–H groups in total. The number of rotatable bonds is 4. The Labute approximate surface area is 96.2 Å². The highest BCUT2D eigenvalue weighted by molar-refractivity contribution is 9.10. The third-order valence-corrected chi connectivity index (χ3v) is 2.88. The Morgan fingerprint density at radius 1 is 1.38 bits per heavy atom. The smallest absolute Gasteiger partial charge is 0.0381 e. The zero-order valence-electron chi connectivity index (χ0n) is 7.61. The summed E-state index contributed by atoms with van der Waals surface area (Å²) in [6, 6.07) is 6.29. The van der Waals surface area contributed by atoms with E-state index in [4.69, 9.17) is 0 Å². The second-order valence-electron chi connectivity index (χ2n) is 2.93. The molecule has 3 heteroatoms. The molecule has 0 saturated heterocycles. The van der Waals surface area contributed by atoms with E-state index in [9.17, 15) is 0 Å². The molecule has 1 aromatic carbocycles. The SMILES string of the molecule is Cc1ccc(Br)cc1NCCCBr. The molecule has 1 nitrogen and oxygen atoms in total. The van der Waals surface area contributed by atoms with Crippen LogP contribution >= 0.6 is 31.9 Å². The first-order valence-corrected chi connectivity index (χ1v) is 6.21. The maximum absolute atomic E-state index is 3.46. The number of hydrogen-bond acceptors (Lipinski definition) is 1. The van der Waals surface area contributed by atoms with Gasteiger partial charge in [-0.25, -0.2) is 0 Å². The van der Waals surface area contributed by atoms with Crippen molar-refractivity contribution in [3.8, 4) is 0 Å². The molecule has 0 bridgehead atoms. The van der Waals surface area contributed by atoms with Crippen LogP contribution in [0.3, 0.4) is 0 Å². The lowest BCUT2D eigenvalue weighted by Crippen LogP contribution is -2.03. The number of aryl methyl sites for hydroxylation is 1. The molecule has 0 heterocycles. The lowest BCUT2D eigenvalue weighted by Gasteiger charge is -2.08. The van der Waals surface area contributed by atoms with Gasteiger partial charge in [-0.1, -0.05) is 37.9 Å². The van der Waals surface area contributed by atoms with Crippen LogP contribution in [0.5, 0.6) is 0 Å². The Bertz CT molecular complexity index is 274. The number of benzene rings is 1. The van der Waals surface area contributed by atoms with Gasteiger partial charge in [0.25, 0.3) is 0 Å². The Kier molecular flexibility index (Phi) is 4.81. The second kappa shape index (κ2) is 5.66. The predicted octanol–water partition coefficient (Wildman–Crippen LogP) is 3.95. The zero-order valence-corrected chi connectivity index (χ0v) is 10.8. The average Bonchev–Trinajstić information content (AvgIpc) is 2.11. The van der Waals surface area contributed by atoms with Gasteiger partial charge in [0.05, 0.1) is 0 Å². The van der Waals surface area contributed by atoms with Crippen LogP contribution in [-0.2, 0) is 0 Å². The summed E-state index contributed by atoms with van der Waals surface area (Å²) in [4.78, 5) is 0. The van der Waals surface area contributed by atoms with Gasteiger partial charge >= 0.3 is 0 Å². The number of anilines is 1. The fourth-order valence-corrected chi connectivity index (χ4v) is 1.72. The summed E-state index contributed by atoms with van der Waals surface area (Å²) in [6.07, 6.45) is 1.14. The highest BCUT2D eigenvalue weighted by atomic mass is 79.9. The van der Waals surface area contributed by atoms with Gasteiger partial charge in [-0.15, -0.1) is 0 Å². The van der Waals surface area contributed by atoms with Crippen molar-refractivity contribution < 1.29 is 0 Å². The summed E-state index contributed by atoms with van der Waals surface area (Å²) in [5.74, 6) is 0. The second-order valence-corrected chi connectivity index (χ2v) is 4.64. The lowest BCUT2D eigenvalue weighted by atomic mass is 10.2. The summed E-state index contributed by atoms with van der Waals surface area (Å²) in [5.41, 5.74) is 2.51. The molecule has 1 rings (SSSR count). The van der Waals surface area contributed by atoms with E-state index >= 15 is 0 Å². The third kappa shape index (κ3) is 3.69. The molecule has 1 aromatic rings. The highest BCUT2D eigenvalue weighted by Crippen LogP contribution is 2.20. The van der Waals surface area contributed by atoms with E-state index in [1.54, 1.807) is 0 Å². The predicted molar refractivity (Wildman–Crippen MR) is 65.8 cm³/mol. The number of nitrogens with one attached hydrogen (secondary N) is 1. The summed E-state index contributed by atoms with van der Waals surface area (Å²) in [6.45, 7) is 3.13. The molecular formula is C10H13Br2N. The highest BCUT2D eigenvalue weighted by Gasteiger charge is 1.97. The molecule has 0 atom stereocenters. The Hall–Kier alpha value is -0.0200. The van der Waals surface area contributed by atoms with Crippen LogP contribution in [0, 0.1) is 6.92 Å². The van der Waals surface area contributed by atoms with Gasteiger partial charge in [0, 0.05) is 22.0 Å². The van der Waals surface area contributed by atoms with Crippen molar-refractivity contribution >= 4 is 37.5 Å². The van der Waals surface area contributed by atoms with E-state index in [1.807, 2.05) is 0 Å². The average molecular weight is 307 g/mol. The fourth-order valence-electron chi connectivity index (χ4n) is 1.07. The monoisotopic (exact) mass is 305 g/mol. The maximum atomic E-state index is 3.46. The molecule has 0 radical (unpaired) electrons.